The Morgan fingerprint density at radius 1 is 0.583 bits per heavy atom. The van der Waals surface area contributed by atoms with Gasteiger partial charge in [-0.05, 0) is 72.9 Å². The van der Waals surface area contributed by atoms with Crippen LogP contribution in [-0.2, 0) is 0 Å². The molecule has 0 aliphatic rings. The Hall–Kier alpha value is -1.26. The number of rotatable bonds is 11. The molecule has 0 aliphatic heterocycles. The van der Waals surface area contributed by atoms with Gasteiger partial charge in [0.25, 0.3) is 0 Å². The van der Waals surface area contributed by atoms with E-state index in [1.54, 1.807) is 14.2 Å². The summed E-state index contributed by atoms with van der Waals surface area (Å²) in [5.41, 5.74) is 0. The van der Waals surface area contributed by atoms with Crippen LogP contribution in [0.15, 0.2) is 58.3 Å². The third kappa shape index (κ3) is 7.10. The summed E-state index contributed by atoms with van der Waals surface area (Å²) in [7, 11) is 3.41. The number of methoxy groups -OCH3 is 2. The first-order valence-electron chi connectivity index (χ1n) is 8.35. The highest BCUT2D eigenvalue weighted by Crippen LogP contribution is 2.24. The maximum atomic E-state index is 5.18. The average Bonchev–Trinajstić information content (AvgIpc) is 2.65. The second-order valence-electron chi connectivity index (χ2n) is 5.46. The van der Waals surface area contributed by atoms with Gasteiger partial charge in [0.2, 0.25) is 0 Å². The van der Waals surface area contributed by atoms with Crippen LogP contribution in [0.4, 0.5) is 0 Å². The first-order chi connectivity index (χ1) is 11.8. The number of thioether (sulfide) groups is 2. The maximum absolute atomic E-state index is 5.18. The van der Waals surface area contributed by atoms with E-state index in [9.17, 15) is 0 Å². The molecule has 0 aliphatic carbocycles. The minimum Gasteiger partial charge on any atom is -0.497 e. The fourth-order valence-electron chi connectivity index (χ4n) is 2.28. The molecular formula is C20H26O2S2. The van der Waals surface area contributed by atoms with Crippen molar-refractivity contribution >= 4 is 23.5 Å². The van der Waals surface area contributed by atoms with Crippen molar-refractivity contribution in [2.75, 3.05) is 25.7 Å². The Kier molecular flexibility index (Phi) is 9.00. The molecule has 130 valence electrons. The van der Waals surface area contributed by atoms with E-state index in [4.69, 9.17) is 9.47 Å². The Morgan fingerprint density at radius 2 is 0.958 bits per heavy atom. The van der Waals surface area contributed by atoms with E-state index >= 15 is 0 Å². The minimum absolute atomic E-state index is 0.925. The summed E-state index contributed by atoms with van der Waals surface area (Å²) >= 11 is 3.86. The summed E-state index contributed by atoms with van der Waals surface area (Å²) < 4.78 is 10.4. The SMILES string of the molecule is COc1ccc(SCCCCCCSc2ccc(OC)cc2)cc1. The second kappa shape index (κ2) is 11.3. The third-order valence-corrected chi connectivity index (χ3v) is 5.89. The minimum atomic E-state index is 0.925. The number of unbranched alkanes of at least 4 members (excludes halogenated alkanes) is 3. The molecule has 0 saturated carbocycles. The van der Waals surface area contributed by atoms with Gasteiger partial charge in [-0.2, -0.15) is 0 Å². The van der Waals surface area contributed by atoms with Gasteiger partial charge in [-0.25, -0.2) is 0 Å². The van der Waals surface area contributed by atoms with Gasteiger partial charge in [0.15, 0.2) is 0 Å². The highest BCUT2D eigenvalue weighted by molar-refractivity contribution is 7.99. The molecule has 0 heterocycles. The van der Waals surface area contributed by atoms with Gasteiger partial charge in [0, 0.05) is 9.79 Å². The van der Waals surface area contributed by atoms with Crippen LogP contribution < -0.4 is 9.47 Å². The molecule has 2 aromatic carbocycles. The molecule has 0 N–H and O–H groups in total. The third-order valence-electron chi connectivity index (χ3n) is 3.70. The van der Waals surface area contributed by atoms with Crippen molar-refractivity contribution in [3.63, 3.8) is 0 Å². The molecule has 0 atom stereocenters. The van der Waals surface area contributed by atoms with E-state index in [1.807, 2.05) is 47.8 Å². The van der Waals surface area contributed by atoms with Crippen molar-refractivity contribution in [3.8, 4) is 11.5 Å². The lowest BCUT2D eigenvalue weighted by Gasteiger charge is -2.05. The van der Waals surface area contributed by atoms with Gasteiger partial charge in [-0.15, -0.1) is 23.5 Å². The second-order valence-corrected chi connectivity index (χ2v) is 7.80. The monoisotopic (exact) mass is 362 g/mol. The van der Waals surface area contributed by atoms with Crippen LogP contribution in [0.2, 0.25) is 0 Å². The highest BCUT2D eigenvalue weighted by atomic mass is 32.2. The van der Waals surface area contributed by atoms with Crippen LogP contribution in [-0.4, -0.2) is 25.7 Å². The molecule has 0 radical (unpaired) electrons. The molecule has 2 rings (SSSR count). The predicted octanol–water partition coefficient (Wildman–Crippen LogP) is 6.15. The molecule has 24 heavy (non-hydrogen) atoms. The maximum Gasteiger partial charge on any atom is 0.118 e. The van der Waals surface area contributed by atoms with Crippen LogP contribution in [0.25, 0.3) is 0 Å². The molecule has 0 amide bonds. The van der Waals surface area contributed by atoms with Crippen molar-refractivity contribution in [2.45, 2.75) is 35.5 Å². The predicted molar refractivity (Wildman–Crippen MR) is 106 cm³/mol. The normalized spacial score (nSPS) is 10.6. The van der Waals surface area contributed by atoms with Gasteiger partial charge in [0.1, 0.15) is 11.5 Å². The molecule has 0 fully saturated rings. The molecule has 0 unspecified atom stereocenters. The Balaban J connectivity index is 1.48. The first kappa shape index (κ1) is 19.1. The summed E-state index contributed by atoms with van der Waals surface area (Å²) in [6.45, 7) is 0. The van der Waals surface area contributed by atoms with Gasteiger partial charge in [-0.1, -0.05) is 12.8 Å². The van der Waals surface area contributed by atoms with Gasteiger partial charge in [0.05, 0.1) is 14.2 Å². The van der Waals surface area contributed by atoms with Crippen molar-refractivity contribution in [1.82, 2.24) is 0 Å². The van der Waals surface area contributed by atoms with Crippen molar-refractivity contribution in [2.24, 2.45) is 0 Å². The van der Waals surface area contributed by atoms with Gasteiger partial charge in [-0.3, -0.25) is 0 Å². The Labute approximate surface area is 154 Å². The summed E-state index contributed by atoms with van der Waals surface area (Å²) in [5.74, 6) is 4.23. The van der Waals surface area contributed by atoms with E-state index in [0.717, 1.165) is 11.5 Å². The van der Waals surface area contributed by atoms with Crippen LogP contribution >= 0.6 is 23.5 Å². The lowest BCUT2D eigenvalue weighted by molar-refractivity contribution is 0.414. The average molecular weight is 363 g/mol. The molecule has 4 heteroatoms. The Bertz CT molecular complexity index is 514. The standard InChI is InChI=1S/C20H26O2S2/c1-21-17-7-11-19(12-8-17)23-15-5-3-4-6-16-24-20-13-9-18(22-2)10-14-20/h7-14H,3-6,15-16H2,1-2H3. The fraction of sp³-hybridized carbons (Fsp3) is 0.400. The van der Waals surface area contributed by atoms with E-state index in [0.29, 0.717) is 0 Å². The lowest BCUT2D eigenvalue weighted by atomic mass is 10.2. The molecule has 0 spiro atoms. The zero-order valence-electron chi connectivity index (χ0n) is 14.5. The van der Waals surface area contributed by atoms with Crippen LogP contribution in [0.3, 0.4) is 0 Å². The number of benzene rings is 2. The highest BCUT2D eigenvalue weighted by Gasteiger charge is 1.98. The quantitative estimate of drug-likeness (QED) is 0.352. The molecule has 2 aromatic rings. The molecule has 0 saturated heterocycles. The van der Waals surface area contributed by atoms with Crippen molar-refractivity contribution in [1.29, 1.82) is 0 Å². The van der Waals surface area contributed by atoms with Crippen molar-refractivity contribution in [3.05, 3.63) is 48.5 Å². The van der Waals surface area contributed by atoms with Crippen molar-refractivity contribution < 1.29 is 9.47 Å². The van der Waals surface area contributed by atoms with Gasteiger partial charge < -0.3 is 9.47 Å². The summed E-state index contributed by atoms with van der Waals surface area (Å²) in [6.07, 6.45) is 5.19. The lowest BCUT2D eigenvalue weighted by Crippen LogP contribution is -1.86. The summed E-state index contributed by atoms with van der Waals surface area (Å²) in [6, 6.07) is 16.6. The molecule has 0 bridgehead atoms. The molecule has 0 aromatic heterocycles. The first-order valence-corrected chi connectivity index (χ1v) is 10.3. The zero-order valence-corrected chi connectivity index (χ0v) is 16.1. The Morgan fingerprint density at radius 3 is 1.29 bits per heavy atom. The van der Waals surface area contributed by atoms with Crippen LogP contribution in [0, 0.1) is 0 Å². The topological polar surface area (TPSA) is 18.5 Å². The zero-order chi connectivity index (χ0) is 17.0. The van der Waals surface area contributed by atoms with E-state index in [-0.39, 0.29) is 0 Å². The van der Waals surface area contributed by atoms with Crippen LogP contribution in [0.1, 0.15) is 25.7 Å². The largest absolute Gasteiger partial charge is 0.497 e. The van der Waals surface area contributed by atoms with E-state index in [2.05, 4.69) is 24.3 Å². The van der Waals surface area contributed by atoms with E-state index in [1.165, 1.54) is 47.0 Å². The smallest absolute Gasteiger partial charge is 0.118 e. The number of hydrogen-bond acceptors (Lipinski definition) is 4. The van der Waals surface area contributed by atoms with E-state index < -0.39 is 0 Å². The molecule has 2 nitrogen and oxygen atoms in total. The number of ether oxygens (including phenoxy) is 2. The summed E-state index contributed by atoms with van der Waals surface area (Å²) in [5, 5.41) is 0. The van der Waals surface area contributed by atoms with Crippen LogP contribution in [0.5, 0.6) is 11.5 Å². The molecular weight excluding hydrogens is 336 g/mol. The van der Waals surface area contributed by atoms with Gasteiger partial charge >= 0.3 is 0 Å². The number of hydrogen-bond donors (Lipinski definition) is 0. The fourth-order valence-corrected chi connectivity index (χ4v) is 4.11. The summed E-state index contributed by atoms with van der Waals surface area (Å²) in [4.78, 5) is 2.65.